The summed E-state index contributed by atoms with van der Waals surface area (Å²) >= 11 is 0. The van der Waals surface area contributed by atoms with E-state index in [9.17, 15) is 0 Å². The summed E-state index contributed by atoms with van der Waals surface area (Å²) in [4.78, 5) is 0. The topological polar surface area (TPSA) is 35.2 Å². The minimum absolute atomic E-state index is 0.314. The zero-order valence-corrected chi connectivity index (χ0v) is 7.92. The van der Waals surface area contributed by atoms with E-state index in [0.717, 1.165) is 6.61 Å². The van der Waals surface area contributed by atoms with E-state index in [4.69, 9.17) is 10.5 Å². The van der Waals surface area contributed by atoms with Gasteiger partial charge in [0.15, 0.2) is 0 Å². The van der Waals surface area contributed by atoms with Gasteiger partial charge in [-0.1, -0.05) is 13.8 Å². The van der Waals surface area contributed by atoms with Crippen LogP contribution in [0.1, 0.15) is 27.7 Å². The molecule has 2 N–H and O–H groups in total. The maximum atomic E-state index is 5.85. The number of nitrogens with two attached hydrogens (primary N) is 1. The Hall–Kier alpha value is -0.0800. The van der Waals surface area contributed by atoms with Gasteiger partial charge in [-0.05, 0) is 19.3 Å². The molecule has 0 aromatic rings. The highest BCUT2D eigenvalue weighted by atomic mass is 16.5. The minimum Gasteiger partial charge on any atom is -0.378 e. The highest BCUT2D eigenvalue weighted by Gasteiger charge is 2.55. The quantitative estimate of drug-likeness (QED) is 0.672. The second-order valence-corrected chi connectivity index (χ2v) is 4.34. The third kappa shape index (κ3) is 1.74. The van der Waals surface area contributed by atoms with Crippen molar-refractivity contribution in [3.63, 3.8) is 0 Å². The van der Waals surface area contributed by atoms with Crippen LogP contribution in [0, 0.1) is 11.3 Å². The van der Waals surface area contributed by atoms with Gasteiger partial charge in [0.25, 0.3) is 0 Å². The van der Waals surface area contributed by atoms with Crippen LogP contribution in [-0.4, -0.2) is 18.8 Å². The van der Waals surface area contributed by atoms with Crippen LogP contribution in [0.5, 0.6) is 0 Å². The molecule has 1 rings (SSSR count). The summed E-state index contributed by atoms with van der Waals surface area (Å²) < 4.78 is 5.49. The summed E-state index contributed by atoms with van der Waals surface area (Å²) in [6.45, 7) is 9.34. The van der Waals surface area contributed by atoms with E-state index in [1.165, 1.54) is 0 Å². The highest BCUT2D eigenvalue weighted by Crippen LogP contribution is 2.50. The van der Waals surface area contributed by atoms with Crippen LogP contribution in [-0.2, 0) is 4.74 Å². The fourth-order valence-corrected chi connectivity index (χ4v) is 1.40. The lowest BCUT2D eigenvalue weighted by atomic mass is 10.1. The molecule has 0 saturated heterocycles. The first-order valence-corrected chi connectivity index (χ1v) is 4.33. The third-order valence-electron chi connectivity index (χ3n) is 2.75. The predicted octanol–water partition coefficient (Wildman–Crippen LogP) is 1.39. The Morgan fingerprint density at radius 1 is 1.45 bits per heavy atom. The zero-order valence-electron chi connectivity index (χ0n) is 7.92. The largest absolute Gasteiger partial charge is 0.378 e. The molecule has 0 radical (unpaired) electrons. The van der Waals surface area contributed by atoms with Gasteiger partial charge < -0.3 is 10.5 Å². The molecular formula is C9H19NO. The van der Waals surface area contributed by atoms with Crippen molar-refractivity contribution in [1.29, 1.82) is 0 Å². The monoisotopic (exact) mass is 157 g/mol. The van der Waals surface area contributed by atoms with Gasteiger partial charge >= 0.3 is 0 Å². The molecule has 0 aromatic heterocycles. The van der Waals surface area contributed by atoms with E-state index in [-0.39, 0.29) is 0 Å². The molecule has 0 spiro atoms. The molecule has 0 amide bonds. The van der Waals surface area contributed by atoms with Gasteiger partial charge in [0, 0.05) is 12.0 Å². The predicted molar refractivity (Wildman–Crippen MR) is 46.3 cm³/mol. The summed E-state index contributed by atoms with van der Waals surface area (Å²) in [6, 6.07) is 0.348. The molecule has 0 bridgehead atoms. The molecule has 11 heavy (non-hydrogen) atoms. The molecule has 0 unspecified atom stereocenters. The summed E-state index contributed by atoms with van der Waals surface area (Å²) in [5, 5.41) is 0. The summed E-state index contributed by atoms with van der Waals surface area (Å²) in [6.07, 6.45) is 0.332. The van der Waals surface area contributed by atoms with E-state index in [2.05, 4.69) is 27.7 Å². The summed E-state index contributed by atoms with van der Waals surface area (Å²) in [7, 11) is 0. The molecule has 2 nitrogen and oxygen atoms in total. The van der Waals surface area contributed by atoms with Crippen molar-refractivity contribution in [3.8, 4) is 0 Å². The Labute approximate surface area is 69.1 Å². The SMILES string of the molecule is CC(C)OC[C@H]1[C@H](N)C1(C)C. The van der Waals surface area contributed by atoms with Crippen molar-refractivity contribution >= 4 is 0 Å². The summed E-state index contributed by atoms with van der Waals surface area (Å²) in [5.41, 5.74) is 6.16. The van der Waals surface area contributed by atoms with Gasteiger partial charge in [0.1, 0.15) is 0 Å². The Bertz CT molecular complexity index is 142. The summed E-state index contributed by atoms with van der Waals surface area (Å²) in [5.74, 6) is 0.574. The molecule has 1 fully saturated rings. The van der Waals surface area contributed by atoms with Gasteiger partial charge in [-0.15, -0.1) is 0 Å². The second kappa shape index (κ2) is 2.76. The number of rotatable bonds is 3. The van der Waals surface area contributed by atoms with Crippen LogP contribution in [0.4, 0.5) is 0 Å². The lowest BCUT2D eigenvalue weighted by Gasteiger charge is -2.07. The Morgan fingerprint density at radius 3 is 2.18 bits per heavy atom. The average Bonchev–Trinajstić information content (AvgIpc) is 2.30. The molecule has 66 valence electrons. The van der Waals surface area contributed by atoms with E-state index in [0.29, 0.717) is 23.5 Å². The van der Waals surface area contributed by atoms with Crippen molar-refractivity contribution in [2.75, 3.05) is 6.61 Å². The molecule has 0 heterocycles. The van der Waals surface area contributed by atoms with E-state index >= 15 is 0 Å². The van der Waals surface area contributed by atoms with Crippen molar-refractivity contribution in [2.45, 2.75) is 39.8 Å². The fourth-order valence-electron chi connectivity index (χ4n) is 1.40. The molecule has 1 aliphatic rings. The van der Waals surface area contributed by atoms with Crippen LogP contribution in [0.3, 0.4) is 0 Å². The lowest BCUT2D eigenvalue weighted by molar-refractivity contribution is 0.0643. The maximum absolute atomic E-state index is 5.85. The molecule has 2 atom stereocenters. The van der Waals surface area contributed by atoms with Crippen LogP contribution in [0.2, 0.25) is 0 Å². The smallest absolute Gasteiger partial charge is 0.0519 e. The third-order valence-corrected chi connectivity index (χ3v) is 2.75. The molecule has 1 aliphatic carbocycles. The molecule has 1 saturated carbocycles. The Balaban J connectivity index is 2.22. The first kappa shape index (κ1) is 9.01. The Kier molecular flexibility index (Phi) is 2.26. The normalized spacial score (nSPS) is 34.4. The number of hydrogen-bond donors (Lipinski definition) is 1. The highest BCUT2D eigenvalue weighted by molar-refractivity contribution is 5.08. The van der Waals surface area contributed by atoms with Crippen molar-refractivity contribution in [3.05, 3.63) is 0 Å². The molecule has 0 aromatic carbocycles. The molecular weight excluding hydrogens is 138 g/mol. The van der Waals surface area contributed by atoms with Crippen LogP contribution in [0.25, 0.3) is 0 Å². The standard InChI is InChI=1S/C9H19NO/c1-6(2)11-5-7-8(10)9(7,3)4/h6-8H,5,10H2,1-4H3/t7-,8-/m0/s1. The van der Waals surface area contributed by atoms with E-state index in [1.54, 1.807) is 0 Å². The van der Waals surface area contributed by atoms with Crippen LogP contribution < -0.4 is 5.73 Å². The molecule has 0 aliphatic heterocycles. The van der Waals surface area contributed by atoms with Crippen LogP contribution in [0.15, 0.2) is 0 Å². The maximum Gasteiger partial charge on any atom is 0.0519 e. The number of ether oxygens (including phenoxy) is 1. The lowest BCUT2D eigenvalue weighted by Crippen LogP contribution is -2.10. The van der Waals surface area contributed by atoms with E-state index in [1.807, 2.05) is 0 Å². The average molecular weight is 157 g/mol. The van der Waals surface area contributed by atoms with Gasteiger partial charge in [-0.3, -0.25) is 0 Å². The first-order valence-electron chi connectivity index (χ1n) is 4.33. The van der Waals surface area contributed by atoms with Crippen LogP contribution >= 0.6 is 0 Å². The fraction of sp³-hybridized carbons (Fsp3) is 1.00. The Morgan fingerprint density at radius 2 is 1.91 bits per heavy atom. The van der Waals surface area contributed by atoms with Gasteiger partial charge in [-0.2, -0.15) is 0 Å². The number of hydrogen-bond acceptors (Lipinski definition) is 2. The molecule has 2 heteroatoms. The van der Waals surface area contributed by atoms with Crippen molar-refractivity contribution in [1.82, 2.24) is 0 Å². The van der Waals surface area contributed by atoms with Crippen molar-refractivity contribution < 1.29 is 4.74 Å². The van der Waals surface area contributed by atoms with Crippen molar-refractivity contribution in [2.24, 2.45) is 17.1 Å². The first-order chi connectivity index (χ1) is 4.96. The second-order valence-electron chi connectivity index (χ2n) is 4.34. The van der Waals surface area contributed by atoms with Gasteiger partial charge in [-0.25, -0.2) is 0 Å². The van der Waals surface area contributed by atoms with E-state index < -0.39 is 0 Å². The zero-order chi connectivity index (χ0) is 8.65. The minimum atomic E-state index is 0.314. The van der Waals surface area contributed by atoms with Gasteiger partial charge in [0.2, 0.25) is 0 Å². The van der Waals surface area contributed by atoms with Gasteiger partial charge in [0.05, 0.1) is 12.7 Å².